The average Bonchev–Trinajstić information content (AvgIpc) is 3.10. The van der Waals surface area contributed by atoms with Crippen LogP contribution in [0, 0.1) is 13.8 Å². The topological polar surface area (TPSA) is 68.7 Å². The molecule has 0 saturated carbocycles. The molecule has 164 valence electrons. The molecule has 1 atom stereocenters. The number of aromatic nitrogens is 1. The van der Waals surface area contributed by atoms with Gasteiger partial charge in [-0.1, -0.05) is 29.8 Å². The van der Waals surface area contributed by atoms with Gasteiger partial charge in [-0.05, 0) is 56.2 Å². The lowest BCUT2D eigenvalue weighted by Gasteiger charge is -2.15. The zero-order valence-electron chi connectivity index (χ0n) is 17.9. The van der Waals surface area contributed by atoms with Crippen molar-refractivity contribution in [1.29, 1.82) is 0 Å². The number of rotatable bonds is 10. The summed E-state index contributed by atoms with van der Waals surface area (Å²) in [6.45, 7) is 6.68. The number of halogens is 1. The van der Waals surface area contributed by atoms with Crippen LogP contribution in [0.15, 0.2) is 42.5 Å². The van der Waals surface area contributed by atoms with E-state index in [1.54, 1.807) is 18.3 Å². The summed E-state index contributed by atoms with van der Waals surface area (Å²) >= 11 is 7.64. The molecular weight excluding hydrogens is 434 g/mol. The molecule has 3 aromatic rings. The minimum absolute atomic E-state index is 0.336. The van der Waals surface area contributed by atoms with E-state index in [1.165, 1.54) is 4.88 Å². The van der Waals surface area contributed by atoms with Crippen LogP contribution in [-0.4, -0.2) is 35.4 Å². The van der Waals surface area contributed by atoms with Crippen LogP contribution in [0.5, 0.6) is 5.75 Å². The highest BCUT2D eigenvalue weighted by Gasteiger charge is 2.19. The molecule has 0 radical (unpaired) electrons. The van der Waals surface area contributed by atoms with Gasteiger partial charge >= 0.3 is 5.97 Å². The molecule has 7 heteroatoms. The molecule has 0 aliphatic carbocycles. The Kier molecular flexibility index (Phi) is 8.07. The number of carbonyl (C=O) groups is 1. The summed E-state index contributed by atoms with van der Waals surface area (Å²) in [5, 5.41) is 11.0. The van der Waals surface area contributed by atoms with E-state index in [1.807, 2.05) is 56.3 Å². The van der Waals surface area contributed by atoms with Gasteiger partial charge in [-0.2, -0.15) is 0 Å². The van der Waals surface area contributed by atoms with Gasteiger partial charge in [0, 0.05) is 34.9 Å². The first-order valence-corrected chi connectivity index (χ1v) is 11.4. The van der Waals surface area contributed by atoms with Crippen molar-refractivity contribution in [3.63, 3.8) is 0 Å². The van der Waals surface area contributed by atoms with Gasteiger partial charge in [0.2, 0.25) is 0 Å². The average molecular weight is 460 g/mol. The number of aliphatic carboxylic acids is 1. The highest BCUT2D eigenvalue weighted by Crippen LogP contribution is 2.29. The summed E-state index contributed by atoms with van der Waals surface area (Å²) in [5.41, 5.74) is 4.00. The molecular formula is C24H26ClNO4S. The van der Waals surface area contributed by atoms with Crippen molar-refractivity contribution in [2.24, 2.45) is 0 Å². The van der Waals surface area contributed by atoms with Gasteiger partial charge in [0.15, 0.2) is 6.10 Å². The fourth-order valence-electron chi connectivity index (χ4n) is 3.24. The largest absolute Gasteiger partial charge is 0.493 e. The lowest BCUT2D eigenvalue weighted by Crippen LogP contribution is -2.26. The molecule has 1 unspecified atom stereocenters. The van der Waals surface area contributed by atoms with Crippen LogP contribution in [0.4, 0.5) is 0 Å². The SMILES string of the molecule is CCOC(Cc1ccc(OCCc2sc(-c3ccc(Cl)cc3)nc2C)cc1C)C(=O)O. The summed E-state index contributed by atoms with van der Waals surface area (Å²) in [7, 11) is 0. The van der Waals surface area contributed by atoms with E-state index in [4.69, 9.17) is 21.1 Å². The summed E-state index contributed by atoms with van der Waals surface area (Å²) < 4.78 is 11.3. The third kappa shape index (κ3) is 6.29. The first kappa shape index (κ1) is 23.3. The number of carboxylic acids is 1. The monoisotopic (exact) mass is 459 g/mol. The van der Waals surface area contributed by atoms with Gasteiger partial charge in [-0.25, -0.2) is 9.78 Å². The lowest BCUT2D eigenvalue weighted by atomic mass is 10.0. The molecule has 2 aromatic carbocycles. The predicted molar refractivity (Wildman–Crippen MR) is 124 cm³/mol. The Labute approximate surface area is 191 Å². The molecule has 0 spiro atoms. The zero-order valence-corrected chi connectivity index (χ0v) is 19.4. The molecule has 0 aliphatic heterocycles. The van der Waals surface area contributed by atoms with Gasteiger partial charge in [-0.15, -0.1) is 11.3 Å². The Morgan fingerprint density at radius 3 is 2.58 bits per heavy atom. The van der Waals surface area contributed by atoms with Crippen LogP contribution >= 0.6 is 22.9 Å². The van der Waals surface area contributed by atoms with Gasteiger partial charge in [0.25, 0.3) is 0 Å². The predicted octanol–water partition coefficient (Wildman–Crippen LogP) is 5.73. The number of aryl methyl sites for hydroxylation is 2. The van der Waals surface area contributed by atoms with E-state index in [9.17, 15) is 9.90 Å². The first-order valence-electron chi connectivity index (χ1n) is 10.2. The molecule has 1 heterocycles. The quantitative estimate of drug-likeness (QED) is 0.419. The van der Waals surface area contributed by atoms with Crippen molar-refractivity contribution in [1.82, 2.24) is 4.98 Å². The molecule has 0 bridgehead atoms. The zero-order chi connectivity index (χ0) is 22.4. The fraction of sp³-hybridized carbons (Fsp3) is 0.333. The van der Waals surface area contributed by atoms with Gasteiger partial charge in [-0.3, -0.25) is 0 Å². The maximum atomic E-state index is 11.3. The van der Waals surface area contributed by atoms with E-state index in [-0.39, 0.29) is 0 Å². The summed E-state index contributed by atoms with van der Waals surface area (Å²) in [6.07, 6.45) is 0.270. The third-order valence-corrected chi connectivity index (χ3v) is 6.46. The van der Waals surface area contributed by atoms with Crippen molar-refractivity contribution in [2.75, 3.05) is 13.2 Å². The van der Waals surface area contributed by atoms with Crippen LogP contribution in [-0.2, 0) is 22.4 Å². The number of hydrogen-bond donors (Lipinski definition) is 1. The van der Waals surface area contributed by atoms with Crippen LogP contribution in [0.25, 0.3) is 10.6 Å². The maximum Gasteiger partial charge on any atom is 0.333 e. The van der Waals surface area contributed by atoms with E-state index < -0.39 is 12.1 Å². The minimum atomic E-state index is -0.945. The number of thiazole rings is 1. The second kappa shape index (κ2) is 10.8. The van der Waals surface area contributed by atoms with E-state index in [2.05, 4.69) is 4.98 Å². The second-order valence-electron chi connectivity index (χ2n) is 7.21. The molecule has 0 fully saturated rings. The summed E-state index contributed by atoms with van der Waals surface area (Å²) in [4.78, 5) is 17.2. The van der Waals surface area contributed by atoms with Crippen molar-refractivity contribution in [3.05, 3.63) is 69.2 Å². The van der Waals surface area contributed by atoms with Gasteiger partial charge in [0.1, 0.15) is 10.8 Å². The molecule has 1 N–H and O–H groups in total. The molecule has 5 nitrogen and oxygen atoms in total. The molecule has 3 rings (SSSR count). The van der Waals surface area contributed by atoms with E-state index >= 15 is 0 Å². The molecule has 0 amide bonds. The number of nitrogens with zero attached hydrogens (tertiary/aromatic N) is 1. The molecule has 31 heavy (non-hydrogen) atoms. The van der Waals surface area contributed by atoms with Gasteiger partial charge < -0.3 is 14.6 Å². The van der Waals surface area contributed by atoms with E-state index in [0.717, 1.165) is 39.6 Å². The normalized spacial score (nSPS) is 12.0. The number of hydrogen-bond acceptors (Lipinski definition) is 5. The van der Waals surface area contributed by atoms with Crippen LogP contribution in [0.1, 0.15) is 28.6 Å². The third-order valence-electron chi connectivity index (χ3n) is 4.94. The summed E-state index contributed by atoms with van der Waals surface area (Å²) in [6, 6.07) is 13.4. The van der Waals surface area contributed by atoms with E-state index in [0.29, 0.717) is 24.7 Å². The van der Waals surface area contributed by atoms with Crippen molar-refractivity contribution < 1.29 is 19.4 Å². The van der Waals surface area contributed by atoms with Crippen molar-refractivity contribution in [2.45, 2.75) is 39.7 Å². The molecule has 0 aliphatic rings. The Bertz CT molecular complexity index is 1030. The Morgan fingerprint density at radius 2 is 1.94 bits per heavy atom. The lowest BCUT2D eigenvalue weighted by molar-refractivity contribution is -0.149. The Morgan fingerprint density at radius 1 is 1.19 bits per heavy atom. The van der Waals surface area contributed by atoms with Crippen LogP contribution in [0.3, 0.4) is 0 Å². The number of ether oxygens (including phenoxy) is 2. The first-order chi connectivity index (χ1) is 14.9. The number of benzene rings is 2. The Hall–Kier alpha value is -2.41. The molecule has 1 aromatic heterocycles. The van der Waals surface area contributed by atoms with Crippen LogP contribution in [0.2, 0.25) is 5.02 Å². The van der Waals surface area contributed by atoms with Crippen molar-refractivity contribution in [3.8, 4) is 16.3 Å². The standard InChI is InChI=1S/C24H26ClNO4S/c1-4-29-21(24(27)28)14-18-7-10-20(13-15(18)2)30-12-11-22-16(3)26-23(31-22)17-5-8-19(25)9-6-17/h5-10,13,21H,4,11-12,14H2,1-3H3,(H,27,28). The number of carboxylic acid groups (broad SMARTS) is 1. The fourth-order valence-corrected chi connectivity index (χ4v) is 4.42. The van der Waals surface area contributed by atoms with Crippen molar-refractivity contribution >= 4 is 28.9 Å². The maximum absolute atomic E-state index is 11.3. The highest BCUT2D eigenvalue weighted by molar-refractivity contribution is 7.15. The highest BCUT2D eigenvalue weighted by atomic mass is 35.5. The minimum Gasteiger partial charge on any atom is -0.493 e. The van der Waals surface area contributed by atoms with Crippen LogP contribution < -0.4 is 4.74 Å². The molecule has 0 saturated heterocycles. The summed E-state index contributed by atoms with van der Waals surface area (Å²) in [5.74, 6) is -0.177. The second-order valence-corrected chi connectivity index (χ2v) is 8.73. The smallest absolute Gasteiger partial charge is 0.333 e. The Balaban J connectivity index is 1.59. The van der Waals surface area contributed by atoms with Gasteiger partial charge in [0.05, 0.1) is 12.3 Å².